The van der Waals surface area contributed by atoms with Crippen molar-refractivity contribution < 1.29 is 14.7 Å². The molecule has 1 amide bonds. The summed E-state index contributed by atoms with van der Waals surface area (Å²) < 4.78 is 0. The molecule has 0 spiro atoms. The van der Waals surface area contributed by atoms with Crippen molar-refractivity contribution in [3.05, 3.63) is 58.7 Å². The minimum absolute atomic E-state index is 0.250. The third-order valence-corrected chi connectivity index (χ3v) is 5.00. The molecule has 1 aliphatic rings. The standard InChI is InChI=1S/C20H22ClN3O3/c21-16-7-3-2-6-15(16)17(13-19(25)26)23-20(27)14-8-9-22-18(12-14)24-10-4-1-5-11-24/h2-3,6-9,12,17H,1,4-5,10-11,13H2,(H,23,27)(H,25,26). The molecule has 27 heavy (non-hydrogen) atoms. The number of hydrogen-bond donors (Lipinski definition) is 2. The lowest BCUT2D eigenvalue weighted by atomic mass is 10.0. The second kappa shape index (κ2) is 8.86. The van der Waals surface area contributed by atoms with Gasteiger partial charge in [-0.05, 0) is 43.0 Å². The van der Waals surface area contributed by atoms with Crippen LogP contribution in [0.4, 0.5) is 5.82 Å². The highest BCUT2D eigenvalue weighted by Crippen LogP contribution is 2.26. The van der Waals surface area contributed by atoms with Gasteiger partial charge in [-0.3, -0.25) is 9.59 Å². The SMILES string of the molecule is O=C(O)CC(NC(=O)c1ccnc(N2CCCCC2)c1)c1ccccc1Cl. The molecule has 1 unspecified atom stereocenters. The monoisotopic (exact) mass is 387 g/mol. The van der Waals surface area contributed by atoms with Crippen LogP contribution >= 0.6 is 11.6 Å². The quantitative estimate of drug-likeness (QED) is 0.790. The number of benzene rings is 1. The van der Waals surface area contributed by atoms with Gasteiger partial charge in [0.2, 0.25) is 0 Å². The molecule has 2 heterocycles. The van der Waals surface area contributed by atoms with Crippen LogP contribution in [0.1, 0.15) is 47.6 Å². The largest absolute Gasteiger partial charge is 0.481 e. The maximum Gasteiger partial charge on any atom is 0.305 e. The van der Waals surface area contributed by atoms with E-state index in [2.05, 4.69) is 15.2 Å². The van der Waals surface area contributed by atoms with Gasteiger partial charge in [0.1, 0.15) is 5.82 Å². The van der Waals surface area contributed by atoms with Gasteiger partial charge in [-0.2, -0.15) is 0 Å². The molecule has 6 nitrogen and oxygen atoms in total. The van der Waals surface area contributed by atoms with Crippen molar-refractivity contribution in [3.8, 4) is 0 Å². The normalized spacial score (nSPS) is 15.2. The number of halogens is 1. The summed E-state index contributed by atoms with van der Waals surface area (Å²) in [6.45, 7) is 1.86. The Labute approximate surface area is 163 Å². The lowest BCUT2D eigenvalue weighted by Gasteiger charge is -2.28. The van der Waals surface area contributed by atoms with Crippen LogP contribution in [0.15, 0.2) is 42.6 Å². The van der Waals surface area contributed by atoms with Crippen LogP contribution < -0.4 is 10.2 Å². The molecule has 1 aliphatic heterocycles. The summed E-state index contributed by atoms with van der Waals surface area (Å²) >= 11 is 6.20. The number of hydrogen-bond acceptors (Lipinski definition) is 4. The molecule has 1 saturated heterocycles. The summed E-state index contributed by atoms with van der Waals surface area (Å²) in [6, 6.07) is 9.61. The number of piperidine rings is 1. The maximum atomic E-state index is 12.8. The predicted molar refractivity (Wildman–Crippen MR) is 104 cm³/mol. The molecular weight excluding hydrogens is 366 g/mol. The van der Waals surface area contributed by atoms with Gasteiger partial charge < -0.3 is 15.3 Å². The molecule has 142 valence electrons. The third-order valence-electron chi connectivity index (χ3n) is 4.65. The number of aliphatic carboxylic acids is 1. The highest BCUT2D eigenvalue weighted by atomic mass is 35.5. The number of carbonyl (C=O) groups excluding carboxylic acids is 1. The molecule has 0 bridgehead atoms. The van der Waals surface area contributed by atoms with E-state index < -0.39 is 12.0 Å². The molecule has 3 rings (SSSR count). The zero-order chi connectivity index (χ0) is 19.2. The van der Waals surface area contributed by atoms with Crippen LogP contribution in [0.25, 0.3) is 0 Å². The van der Waals surface area contributed by atoms with E-state index >= 15 is 0 Å². The maximum absolute atomic E-state index is 12.8. The molecule has 1 aromatic heterocycles. The third kappa shape index (κ3) is 4.98. The molecule has 0 saturated carbocycles. The predicted octanol–water partition coefficient (Wildman–Crippen LogP) is 3.67. The highest BCUT2D eigenvalue weighted by Gasteiger charge is 2.22. The fourth-order valence-electron chi connectivity index (χ4n) is 3.27. The minimum atomic E-state index is -1.01. The number of carboxylic acids is 1. The molecular formula is C20H22ClN3O3. The van der Waals surface area contributed by atoms with E-state index in [0.29, 0.717) is 16.1 Å². The Morgan fingerprint density at radius 3 is 2.63 bits per heavy atom. The number of rotatable bonds is 6. The van der Waals surface area contributed by atoms with Crippen LogP contribution in [-0.2, 0) is 4.79 Å². The minimum Gasteiger partial charge on any atom is -0.481 e. The first-order valence-electron chi connectivity index (χ1n) is 9.02. The van der Waals surface area contributed by atoms with Gasteiger partial charge in [-0.1, -0.05) is 29.8 Å². The Balaban J connectivity index is 1.79. The summed E-state index contributed by atoms with van der Waals surface area (Å²) in [7, 11) is 0. The van der Waals surface area contributed by atoms with Gasteiger partial charge in [-0.25, -0.2) is 4.98 Å². The van der Waals surface area contributed by atoms with Gasteiger partial charge >= 0.3 is 5.97 Å². The van der Waals surface area contributed by atoms with Crippen LogP contribution in [-0.4, -0.2) is 35.1 Å². The van der Waals surface area contributed by atoms with Gasteiger partial charge in [0.15, 0.2) is 0 Å². The highest BCUT2D eigenvalue weighted by molar-refractivity contribution is 6.31. The first kappa shape index (κ1) is 19.2. The summed E-state index contributed by atoms with van der Waals surface area (Å²) in [4.78, 5) is 30.6. The Kier molecular flexibility index (Phi) is 6.29. The summed E-state index contributed by atoms with van der Waals surface area (Å²) in [5.41, 5.74) is 1.04. The molecule has 7 heteroatoms. The number of pyridine rings is 1. The van der Waals surface area contributed by atoms with E-state index in [1.807, 2.05) is 0 Å². The molecule has 1 atom stereocenters. The van der Waals surface area contributed by atoms with E-state index in [-0.39, 0.29) is 12.3 Å². The van der Waals surface area contributed by atoms with Crippen molar-refractivity contribution in [1.82, 2.24) is 10.3 Å². The van der Waals surface area contributed by atoms with Crippen molar-refractivity contribution in [2.45, 2.75) is 31.7 Å². The Hall–Kier alpha value is -2.60. The number of nitrogens with one attached hydrogen (secondary N) is 1. The topological polar surface area (TPSA) is 82.5 Å². The number of carboxylic acid groups (broad SMARTS) is 1. The molecule has 0 radical (unpaired) electrons. The van der Waals surface area contributed by atoms with Crippen molar-refractivity contribution in [2.75, 3.05) is 18.0 Å². The van der Waals surface area contributed by atoms with Crippen molar-refractivity contribution in [1.29, 1.82) is 0 Å². The van der Waals surface area contributed by atoms with E-state index in [0.717, 1.165) is 31.7 Å². The Morgan fingerprint density at radius 1 is 1.19 bits per heavy atom. The number of nitrogens with zero attached hydrogens (tertiary/aromatic N) is 2. The van der Waals surface area contributed by atoms with Gasteiger partial charge in [0.05, 0.1) is 12.5 Å². The molecule has 1 fully saturated rings. The van der Waals surface area contributed by atoms with Crippen LogP contribution in [0, 0.1) is 0 Å². The lowest BCUT2D eigenvalue weighted by Crippen LogP contribution is -2.32. The summed E-state index contributed by atoms with van der Waals surface area (Å²) in [6.07, 6.45) is 4.81. The van der Waals surface area contributed by atoms with Crippen molar-refractivity contribution in [2.24, 2.45) is 0 Å². The van der Waals surface area contributed by atoms with Gasteiger partial charge in [0, 0.05) is 29.9 Å². The Morgan fingerprint density at radius 2 is 1.93 bits per heavy atom. The van der Waals surface area contributed by atoms with Gasteiger partial charge in [-0.15, -0.1) is 0 Å². The first-order chi connectivity index (χ1) is 13.0. The second-order valence-electron chi connectivity index (χ2n) is 6.60. The zero-order valence-corrected chi connectivity index (χ0v) is 15.7. The Bertz CT molecular complexity index is 822. The molecule has 0 aliphatic carbocycles. The van der Waals surface area contributed by atoms with Crippen LogP contribution in [0.5, 0.6) is 0 Å². The molecule has 1 aromatic carbocycles. The van der Waals surface area contributed by atoms with E-state index in [9.17, 15) is 14.7 Å². The van der Waals surface area contributed by atoms with E-state index in [4.69, 9.17) is 11.6 Å². The fraction of sp³-hybridized carbons (Fsp3) is 0.350. The average Bonchev–Trinajstić information content (AvgIpc) is 2.68. The number of aromatic nitrogens is 1. The van der Waals surface area contributed by atoms with Gasteiger partial charge in [0.25, 0.3) is 5.91 Å². The summed E-state index contributed by atoms with van der Waals surface area (Å²) in [5.74, 6) is -0.583. The fourth-order valence-corrected chi connectivity index (χ4v) is 3.54. The van der Waals surface area contributed by atoms with Crippen LogP contribution in [0.3, 0.4) is 0 Å². The van der Waals surface area contributed by atoms with Crippen LogP contribution in [0.2, 0.25) is 5.02 Å². The van der Waals surface area contributed by atoms with E-state index in [1.165, 1.54) is 6.42 Å². The van der Waals surface area contributed by atoms with Crippen molar-refractivity contribution in [3.63, 3.8) is 0 Å². The summed E-state index contributed by atoms with van der Waals surface area (Å²) in [5, 5.41) is 12.4. The lowest BCUT2D eigenvalue weighted by molar-refractivity contribution is -0.137. The smallest absolute Gasteiger partial charge is 0.305 e. The zero-order valence-electron chi connectivity index (χ0n) is 14.9. The number of amides is 1. The van der Waals surface area contributed by atoms with Crippen molar-refractivity contribution >= 4 is 29.3 Å². The second-order valence-corrected chi connectivity index (χ2v) is 7.00. The number of anilines is 1. The first-order valence-corrected chi connectivity index (χ1v) is 9.40. The average molecular weight is 388 g/mol. The molecule has 2 N–H and O–H groups in total. The number of carbonyl (C=O) groups is 2. The molecule has 2 aromatic rings. The van der Waals surface area contributed by atoms with E-state index in [1.54, 1.807) is 42.6 Å².